The van der Waals surface area contributed by atoms with Crippen LogP contribution in [0, 0.1) is 10.1 Å². The van der Waals surface area contributed by atoms with Crippen molar-refractivity contribution in [1.29, 1.82) is 0 Å². The molecule has 0 spiro atoms. The fourth-order valence-corrected chi connectivity index (χ4v) is 4.72. The predicted molar refractivity (Wildman–Crippen MR) is 116 cm³/mol. The summed E-state index contributed by atoms with van der Waals surface area (Å²) in [6.07, 6.45) is 3.98. The van der Waals surface area contributed by atoms with Gasteiger partial charge in [-0.3, -0.25) is 14.9 Å². The van der Waals surface area contributed by atoms with Crippen LogP contribution in [-0.4, -0.2) is 38.6 Å². The Balaban J connectivity index is 1.43. The minimum atomic E-state index is -0.393. The second-order valence-electron chi connectivity index (χ2n) is 8.17. The average molecular weight is 417 g/mol. The monoisotopic (exact) mass is 417 g/mol. The molecule has 0 aliphatic carbocycles. The van der Waals surface area contributed by atoms with E-state index >= 15 is 0 Å². The Bertz CT molecular complexity index is 1140. The Hall–Kier alpha value is -3.55. The van der Waals surface area contributed by atoms with Gasteiger partial charge in [0, 0.05) is 49.2 Å². The van der Waals surface area contributed by atoms with E-state index in [0.29, 0.717) is 23.4 Å². The molecular formula is C23H23N5O3. The van der Waals surface area contributed by atoms with Gasteiger partial charge < -0.3 is 9.47 Å². The molecule has 3 aromatic rings. The molecule has 0 N–H and O–H groups in total. The summed E-state index contributed by atoms with van der Waals surface area (Å²) in [5.41, 5.74) is 1.36. The fraction of sp³-hybridized carbons (Fsp3) is 0.348. The number of nitro benzene ring substituents is 1. The summed E-state index contributed by atoms with van der Waals surface area (Å²) in [6, 6.07) is 13.6. The summed E-state index contributed by atoms with van der Waals surface area (Å²) in [5.74, 6) is 2.02. The summed E-state index contributed by atoms with van der Waals surface area (Å²) in [7, 11) is 0. The topological polar surface area (TPSA) is 94.2 Å². The molecule has 0 amide bonds. The lowest BCUT2D eigenvalue weighted by atomic mass is 9.95. The zero-order valence-electron chi connectivity index (χ0n) is 17.1. The zero-order chi connectivity index (χ0) is 21.4. The molecule has 2 aliphatic rings. The van der Waals surface area contributed by atoms with E-state index in [9.17, 15) is 14.9 Å². The number of piperidine rings is 1. The highest BCUT2D eigenvalue weighted by Gasteiger charge is 2.31. The maximum absolute atomic E-state index is 12.8. The number of carbonyl (C=O) groups excluding carboxylic acids is 1. The number of aryl methyl sites for hydroxylation is 1. The third kappa shape index (κ3) is 3.58. The number of nitro groups is 1. The van der Waals surface area contributed by atoms with Crippen LogP contribution in [0.2, 0.25) is 0 Å². The number of aromatic nitrogens is 3. The van der Waals surface area contributed by atoms with Crippen molar-refractivity contribution in [2.24, 2.45) is 0 Å². The van der Waals surface area contributed by atoms with Crippen LogP contribution in [0.15, 0.2) is 48.5 Å². The van der Waals surface area contributed by atoms with E-state index in [2.05, 4.69) is 19.7 Å². The second-order valence-corrected chi connectivity index (χ2v) is 8.17. The Labute approximate surface area is 179 Å². The number of hydrogen-bond acceptors (Lipinski definition) is 6. The van der Waals surface area contributed by atoms with E-state index in [1.807, 2.05) is 6.07 Å². The lowest BCUT2D eigenvalue weighted by Gasteiger charge is -2.33. The molecule has 1 unspecified atom stereocenters. The number of benzene rings is 2. The summed E-state index contributed by atoms with van der Waals surface area (Å²) >= 11 is 0. The van der Waals surface area contributed by atoms with E-state index in [1.165, 1.54) is 6.07 Å². The van der Waals surface area contributed by atoms with Crippen molar-refractivity contribution in [3.8, 4) is 0 Å². The van der Waals surface area contributed by atoms with Gasteiger partial charge in [0.25, 0.3) is 5.69 Å². The number of hydrogen-bond donors (Lipinski definition) is 0. The molecule has 1 saturated heterocycles. The lowest BCUT2D eigenvalue weighted by molar-refractivity contribution is -0.384. The van der Waals surface area contributed by atoms with E-state index in [4.69, 9.17) is 0 Å². The van der Waals surface area contributed by atoms with Crippen LogP contribution in [0.1, 0.15) is 52.8 Å². The highest BCUT2D eigenvalue weighted by Crippen LogP contribution is 2.36. The maximum atomic E-state index is 12.8. The number of ketones is 1. The second kappa shape index (κ2) is 7.94. The number of nitrogens with zero attached hydrogens (tertiary/aromatic N) is 5. The zero-order valence-corrected chi connectivity index (χ0v) is 17.1. The van der Waals surface area contributed by atoms with Gasteiger partial charge in [-0.15, -0.1) is 10.2 Å². The van der Waals surface area contributed by atoms with Crippen molar-refractivity contribution in [3.63, 3.8) is 0 Å². The lowest BCUT2D eigenvalue weighted by Crippen LogP contribution is -2.35. The summed E-state index contributed by atoms with van der Waals surface area (Å²) in [6.45, 7) is 2.35. The van der Waals surface area contributed by atoms with Gasteiger partial charge in [-0.05, 0) is 31.4 Å². The number of rotatable bonds is 5. The van der Waals surface area contributed by atoms with Crippen molar-refractivity contribution < 1.29 is 9.72 Å². The molecule has 1 aromatic heterocycles. The van der Waals surface area contributed by atoms with Gasteiger partial charge in [-0.25, -0.2) is 0 Å². The van der Waals surface area contributed by atoms with Crippen LogP contribution >= 0.6 is 0 Å². The first-order valence-corrected chi connectivity index (χ1v) is 10.7. The van der Waals surface area contributed by atoms with Crippen molar-refractivity contribution in [1.82, 2.24) is 14.8 Å². The Morgan fingerprint density at radius 2 is 1.87 bits per heavy atom. The smallest absolute Gasteiger partial charge is 0.293 e. The molecule has 2 aliphatic heterocycles. The largest absolute Gasteiger partial charge is 0.365 e. The predicted octanol–water partition coefficient (Wildman–Crippen LogP) is 3.75. The normalized spacial score (nSPS) is 18.1. The standard InChI is InChI=1S/C23H23N5O3/c29-22(16-6-2-1-3-7-16)17-10-11-19(20(14-17)28(30)31)26-12-4-8-18(15-26)23-25-24-21-9-5-13-27(21)23/h1-3,6-7,10-11,14,18H,4-5,8-9,12-13,15H2. The number of anilines is 1. The van der Waals surface area contributed by atoms with Crippen LogP contribution in [0.3, 0.4) is 0 Å². The van der Waals surface area contributed by atoms with Crippen molar-refractivity contribution in [2.75, 3.05) is 18.0 Å². The summed E-state index contributed by atoms with van der Waals surface area (Å²) < 4.78 is 2.21. The van der Waals surface area contributed by atoms with Gasteiger partial charge in [0.2, 0.25) is 0 Å². The number of fused-ring (bicyclic) bond motifs is 1. The minimum Gasteiger partial charge on any atom is -0.365 e. The molecule has 0 radical (unpaired) electrons. The Morgan fingerprint density at radius 1 is 1.03 bits per heavy atom. The molecule has 2 aromatic carbocycles. The molecule has 0 saturated carbocycles. The van der Waals surface area contributed by atoms with Gasteiger partial charge in [-0.1, -0.05) is 30.3 Å². The van der Waals surface area contributed by atoms with Crippen molar-refractivity contribution in [3.05, 3.63) is 81.4 Å². The van der Waals surface area contributed by atoms with Crippen LogP contribution < -0.4 is 4.90 Å². The van der Waals surface area contributed by atoms with Crippen molar-refractivity contribution in [2.45, 2.75) is 38.1 Å². The van der Waals surface area contributed by atoms with Gasteiger partial charge in [0.15, 0.2) is 5.78 Å². The SMILES string of the molecule is O=C(c1ccccc1)c1ccc(N2CCCC(c3nnc4n3CCC4)C2)c([N+](=O)[O-])c1. The molecular weight excluding hydrogens is 394 g/mol. The minimum absolute atomic E-state index is 0.0334. The molecule has 8 nitrogen and oxygen atoms in total. The summed E-state index contributed by atoms with van der Waals surface area (Å²) in [4.78, 5) is 26.3. The molecule has 0 bridgehead atoms. The third-order valence-electron chi connectivity index (χ3n) is 6.24. The molecule has 5 rings (SSSR count). The van der Waals surface area contributed by atoms with E-state index in [1.54, 1.807) is 36.4 Å². The van der Waals surface area contributed by atoms with Crippen LogP contribution in [0.4, 0.5) is 11.4 Å². The van der Waals surface area contributed by atoms with Gasteiger partial charge in [-0.2, -0.15) is 0 Å². The first-order chi connectivity index (χ1) is 15.1. The quantitative estimate of drug-likeness (QED) is 0.357. The van der Waals surface area contributed by atoms with E-state index in [-0.39, 0.29) is 17.4 Å². The van der Waals surface area contributed by atoms with Gasteiger partial charge in [0.1, 0.15) is 17.3 Å². The van der Waals surface area contributed by atoms with E-state index in [0.717, 1.165) is 50.4 Å². The van der Waals surface area contributed by atoms with Crippen LogP contribution in [0.5, 0.6) is 0 Å². The van der Waals surface area contributed by atoms with E-state index < -0.39 is 4.92 Å². The highest BCUT2D eigenvalue weighted by atomic mass is 16.6. The van der Waals surface area contributed by atoms with Gasteiger partial charge in [0.05, 0.1) is 4.92 Å². The van der Waals surface area contributed by atoms with Crippen LogP contribution in [0.25, 0.3) is 0 Å². The first kappa shape index (κ1) is 19.4. The number of carbonyl (C=O) groups is 1. The Morgan fingerprint density at radius 3 is 2.68 bits per heavy atom. The van der Waals surface area contributed by atoms with Gasteiger partial charge >= 0.3 is 0 Å². The molecule has 1 fully saturated rings. The molecule has 1 atom stereocenters. The molecule has 31 heavy (non-hydrogen) atoms. The molecule has 158 valence electrons. The molecule has 8 heteroatoms. The third-order valence-corrected chi connectivity index (χ3v) is 6.24. The maximum Gasteiger partial charge on any atom is 0.293 e. The summed E-state index contributed by atoms with van der Waals surface area (Å²) in [5, 5.41) is 20.6. The fourth-order valence-electron chi connectivity index (χ4n) is 4.72. The molecule has 3 heterocycles. The average Bonchev–Trinajstić information content (AvgIpc) is 3.43. The highest BCUT2D eigenvalue weighted by molar-refractivity contribution is 6.09. The van der Waals surface area contributed by atoms with Crippen LogP contribution in [-0.2, 0) is 13.0 Å². The Kier molecular flexibility index (Phi) is 4.97. The first-order valence-electron chi connectivity index (χ1n) is 10.7. The van der Waals surface area contributed by atoms with Crippen molar-refractivity contribution >= 4 is 17.2 Å².